The highest BCUT2D eigenvalue weighted by atomic mass is 35.5. The third-order valence-corrected chi connectivity index (χ3v) is 3.68. The molecule has 0 aliphatic carbocycles. The van der Waals surface area contributed by atoms with Crippen molar-refractivity contribution < 1.29 is 9.18 Å². The van der Waals surface area contributed by atoms with Crippen LogP contribution >= 0.6 is 11.6 Å². The number of rotatable bonds is 4. The topological polar surface area (TPSA) is 46.9 Å². The number of amides is 1. The van der Waals surface area contributed by atoms with Gasteiger partial charge in [-0.25, -0.2) is 9.07 Å². The van der Waals surface area contributed by atoms with Gasteiger partial charge in [0.1, 0.15) is 5.82 Å². The van der Waals surface area contributed by atoms with Gasteiger partial charge in [-0.3, -0.25) is 4.79 Å². The molecule has 0 bridgehead atoms. The Morgan fingerprint density at radius 1 is 1.26 bits per heavy atom. The zero-order chi connectivity index (χ0) is 16.4. The van der Waals surface area contributed by atoms with Crippen LogP contribution in [-0.2, 0) is 4.79 Å². The Morgan fingerprint density at radius 2 is 2.00 bits per heavy atom. The van der Waals surface area contributed by atoms with E-state index in [1.807, 2.05) is 13.0 Å². The largest absolute Gasteiger partial charge is 0.309 e. The molecule has 3 aromatic rings. The summed E-state index contributed by atoms with van der Waals surface area (Å²) in [6.45, 7) is 1.94. The fourth-order valence-electron chi connectivity index (χ4n) is 2.38. The molecule has 0 atom stereocenters. The number of aromatic nitrogens is 2. The number of hydrogen-bond donors (Lipinski definition) is 1. The second-order valence-corrected chi connectivity index (χ2v) is 5.63. The summed E-state index contributed by atoms with van der Waals surface area (Å²) in [5.41, 5.74) is 1.44. The Morgan fingerprint density at radius 3 is 2.70 bits per heavy atom. The lowest BCUT2D eigenvalue weighted by Crippen LogP contribution is -2.11. The Bertz CT molecular complexity index is 858. The third kappa shape index (κ3) is 3.19. The minimum atomic E-state index is -0.320. The third-order valence-electron chi connectivity index (χ3n) is 3.45. The summed E-state index contributed by atoms with van der Waals surface area (Å²) >= 11 is 6.08. The molecule has 4 nitrogen and oxygen atoms in total. The van der Waals surface area contributed by atoms with E-state index in [2.05, 4.69) is 10.4 Å². The van der Waals surface area contributed by atoms with Crippen LogP contribution in [0.2, 0.25) is 5.02 Å². The standard InChI is InChI=1S/C17H15ClFN3O/c1-2-3-16(23)20-17-14-9-4-11(18)10-15(14)22(21-17)13-7-5-12(19)6-8-13/h4-10H,2-3H2,1H3,(H,20,21,23). The first-order valence-electron chi connectivity index (χ1n) is 7.32. The van der Waals surface area contributed by atoms with Gasteiger partial charge in [-0.15, -0.1) is 5.10 Å². The van der Waals surface area contributed by atoms with Crippen LogP contribution in [-0.4, -0.2) is 15.7 Å². The van der Waals surface area contributed by atoms with E-state index in [1.165, 1.54) is 12.1 Å². The van der Waals surface area contributed by atoms with Gasteiger partial charge >= 0.3 is 0 Å². The number of carbonyl (C=O) groups is 1. The minimum Gasteiger partial charge on any atom is -0.309 e. The Balaban J connectivity index is 2.12. The first-order chi connectivity index (χ1) is 11.1. The van der Waals surface area contributed by atoms with E-state index in [4.69, 9.17) is 11.6 Å². The number of fused-ring (bicyclic) bond motifs is 1. The fraction of sp³-hybridized carbons (Fsp3) is 0.176. The molecule has 118 valence electrons. The summed E-state index contributed by atoms with van der Waals surface area (Å²) in [4.78, 5) is 11.9. The molecule has 23 heavy (non-hydrogen) atoms. The summed E-state index contributed by atoms with van der Waals surface area (Å²) < 4.78 is 14.8. The quantitative estimate of drug-likeness (QED) is 0.762. The number of halogens is 2. The summed E-state index contributed by atoms with van der Waals surface area (Å²) in [7, 11) is 0. The molecule has 3 rings (SSSR count). The van der Waals surface area contributed by atoms with E-state index in [9.17, 15) is 9.18 Å². The maximum atomic E-state index is 13.1. The van der Waals surface area contributed by atoms with Crippen molar-refractivity contribution in [3.05, 3.63) is 53.3 Å². The first-order valence-corrected chi connectivity index (χ1v) is 7.70. The van der Waals surface area contributed by atoms with Crippen molar-refractivity contribution in [2.45, 2.75) is 19.8 Å². The maximum Gasteiger partial charge on any atom is 0.225 e. The smallest absolute Gasteiger partial charge is 0.225 e. The molecular formula is C17H15ClFN3O. The second-order valence-electron chi connectivity index (χ2n) is 5.20. The number of hydrogen-bond acceptors (Lipinski definition) is 2. The van der Waals surface area contributed by atoms with Gasteiger partial charge in [-0.1, -0.05) is 18.5 Å². The van der Waals surface area contributed by atoms with Crippen LogP contribution in [0.15, 0.2) is 42.5 Å². The Labute approximate surface area is 137 Å². The van der Waals surface area contributed by atoms with E-state index < -0.39 is 0 Å². The highest BCUT2D eigenvalue weighted by molar-refractivity contribution is 6.31. The molecule has 0 fully saturated rings. The fourth-order valence-corrected chi connectivity index (χ4v) is 2.55. The summed E-state index contributed by atoms with van der Waals surface area (Å²) in [5, 5.41) is 8.62. The molecule has 1 heterocycles. The van der Waals surface area contributed by atoms with Crippen LogP contribution in [0, 0.1) is 5.82 Å². The Kier molecular flexibility index (Phi) is 4.30. The van der Waals surface area contributed by atoms with Gasteiger partial charge in [-0.05, 0) is 48.9 Å². The molecular weight excluding hydrogens is 317 g/mol. The number of nitrogens with one attached hydrogen (secondary N) is 1. The van der Waals surface area contributed by atoms with Crippen LogP contribution in [0.25, 0.3) is 16.6 Å². The highest BCUT2D eigenvalue weighted by Crippen LogP contribution is 2.28. The van der Waals surface area contributed by atoms with Crippen LogP contribution < -0.4 is 5.32 Å². The van der Waals surface area contributed by atoms with Gasteiger partial charge in [0.2, 0.25) is 5.91 Å². The minimum absolute atomic E-state index is 0.0897. The maximum absolute atomic E-state index is 13.1. The first kappa shape index (κ1) is 15.5. The number of carbonyl (C=O) groups excluding carboxylic acids is 1. The number of benzene rings is 2. The number of anilines is 1. The van der Waals surface area contributed by atoms with E-state index in [0.717, 1.165) is 17.3 Å². The lowest BCUT2D eigenvalue weighted by atomic mass is 10.2. The van der Waals surface area contributed by atoms with Gasteiger partial charge in [0, 0.05) is 16.8 Å². The highest BCUT2D eigenvalue weighted by Gasteiger charge is 2.14. The lowest BCUT2D eigenvalue weighted by Gasteiger charge is -2.03. The van der Waals surface area contributed by atoms with E-state index in [-0.39, 0.29) is 11.7 Å². The van der Waals surface area contributed by atoms with Gasteiger partial charge in [0.05, 0.1) is 11.2 Å². The van der Waals surface area contributed by atoms with Gasteiger partial charge in [-0.2, -0.15) is 0 Å². The molecule has 0 unspecified atom stereocenters. The normalized spacial score (nSPS) is 10.9. The van der Waals surface area contributed by atoms with Gasteiger partial charge in [0.25, 0.3) is 0 Å². The molecule has 0 saturated carbocycles. The van der Waals surface area contributed by atoms with Crippen molar-refractivity contribution in [1.82, 2.24) is 9.78 Å². The molecule has 1 N–H and O–H groups in total. The Hall–Kier alpha value is -2.40. The summed E-state index contributed by atoms with van der Waals surface area (Å²) in [5.74, 6) is 0.0623. The van der Waals surface area contributed by atoms with Crippen molar-refractivity contribution in [3.8, 4) is 5.69 Å². The molecule has 0 spiro atoms. The molecule has 0 aliphatic heterocycles. The SMILES string of the molecule is CCCC(=O)Nc1nn(-c2ccc(F)cc2)c2cc(Cl)ccc12. The number of nitrogens with zero attached hydrogens (tertiary/aromatic N) is 2. The van der Waals surface area contributed by atoms with Crippen LogP contribution in [0.1, 0.15) is 19.8 Å². The van der Waals surface area contributed by atoms with Crippen molar-refractivity contribution in [2.75, 3.05) is 5.32 Å². The zero-order valence-corrected chi connectivity index (χ0v) is 13.3. The average Bonchev–Trinajstić information content (AvgIpc) is 2.86. The average molecular weight is 332 g/mol. The summed E-state index contributed by atoms with van der Waals surface area (Å²) in [6.07, 6.45) is 1.19. The molecule has 6 heteroatoms. The molecule has 0 radical (unpaired) electrons. The van der Waals surface area contributed by atoms with Crippen LogP contribution in [0.5, 0.6) is 0 Å². The molecule has 0 aliphatic rings. The van der Waals surface area contributed by atoms with Crippen molar-refractivity contribution in [2.24, 2.45) is 0 Å². The van der Waals surface area contributed by atoms with Crippen LogP contribution in [0.3, 0.4) is 0 Å². The lowest BCUT2D eigenvalue weighted by molar-refractivity contribution is -0.116. The summed E-state index contributed by atoms with van der Waals surface area (Å²) in [6, 6.07) is 11.3. The predicted octanol–water partition coefficient (Wildman–Crippen LogP) is 4.56. The van der Waals surface area contributed by atoms with E-state index in [1.54, 1.807) is 28.9 Å². The van der Waals surface area contributed by atoms with Crippen molar-refractivity contribution in [1.29, 1.82) is 0 Å². The molecule has 1 aromatic heterocycles. The van der Waals surface area contributed by atoms with Crippen molar-refractivity contribution in [3.63, 3.8) is 0 Å². The molecule has 2 aromatic carbocycles. The molecule has 1 amide bonds. The van der Waals surface area contributed by atoms with E-state index >= 15 is 0 Å². The van der Waals surface area contributed by atoms with E-state index in [0.29, 0.717) is 22.9 Å². The van der Waals surface area contributed by atoms with Gasteiger partial charge < -0.3 is 5.32 Å². The van der Waals surface area contributed by atoms with Gasteiger partial charge in [0.15, 0.2) is 5.82 Å². The monoisotopic (exact) mass is 331 g/mol. The zero-order valence-electron chi connectivity index (χ0n) is 12.5. The predicted molar refractivity (Wildman–Crippen MR) is 89.6 cm³/mol. The van der Waals surface area contributed by atoms with Crippen molar-refractivity contribution >= 4 is 34.2 Å². The van der Waals surface area contributed by atoms with Crippen LogP contribution in [0.4, 0.5) is 10.2 Å². The second kappa shape index (κ2) is 6.38. The molecule has 0 saturated heterocycles.